The molecule has 19 heavy (non-hydrogen) atoms. The number of hydrogen-bond acceptors (Lipinski definition) is 3. The Balaban J connectivity index is 1.70. The SMILES string of the molecule is Cc1nc(Br)ccc1NC1CCCC1C1CCCN1. The minimum atomic E-state index is 0.609. The molecule has 2 N–H and O–H groups in total. The van der Waals surface area contributed by atoms with Gasteiger partial charge < -0.3 is 10.6 Å². The maximum Gasteiger partial charge on any atom is 0.106 e. The summed E-state index contributed by atoms with van der Waals surface area (Å²) in [5.41, 5.74) is 2.28. The van der Waals surface area contributed by atoms with Gasteiger partial charge in [0.2, 0.25) is 0 Å². The van der Waals surface area contributed by atoms with E-state index in [1.165, 1.54) is 44.3 Å². The normalized spacial score (nSPS) is 30.7. The van der Waals surface area contributed by atoms with Crippen molar-refractivity contribution >= 4 is 21.6 Å². The molecule has 0 bridgehead atoms. The Morgan fingerprint density at radius 2 is 2.16 bits per heavy atom. The lowest BCUT2D eigenvalue weighted by molar-refractivity contribution is 0.376. The summed E-state index contributed by atoms with van der Waals surface area (Å²) in [6, 6.07) is 5.50. The number of anilines is 1. The third kappa shape index (κ3) is 2.95. The summed E-state index contributed by atoms with van der Waals surface area (Å²) in [4.78, 5) is 4.48. The van der Waals surface area contributed by atoms with Crippen LogP contribution in [0.3, 0.4) is 0 Å². The highest BCUT2D eigenvalue weighted by molar-refractivity contribution is 9.10. The molecular formula is C15H22BrN3. The fourth-order valence-corrected chi connectivity index (χ4v) is 4.01. The van der Waals surface area contributed by atoms with Crippen LogP contribution in [0.5, 0.6) is 0 Å². The van der Waals surface area contributed by atoms with E-state index in [0.717, 1.165) is 22.3 Å². The molecule has 2 fully saturated rings. The maximum atomic E-state index is 4.48. The lowest BCUT2D eigenvalue weighted by Gasteiger charge is -2.27. The zero-order valence-electron chi connectivity index (χ0n) is 11.5. The molecule has 3 rings (SSSR count). The third-order valence-electron chi connectivity index (χ3n) is 4.58. The molecule has 104 valence electrons. The zero-order chi connectivity index (χ0) is 13.2. The fourth-order valence-electron chi connectivity index (χ4n) is 3.61. The Hall–Kier alpha value is -0.610. The van der Waals surface area contributed by atoms with E-state index in [0.29, 0.717) is 6.04 Å². The van der Waals surface area contributed by atoms with Crippen molar-refractivity contribution < 1.29 is 0 Å². The van der Waals surface area contributed by atoms with Gasteiger partial charge in [-0.25, -0.2) is 4.98 Å². The molecule has 1 aliphatic heterocycles. The number of rotatable bonds is 3. The Morgan fingerprint density at radius 3 is 2.89 bits per heavy atom. The molecule has 4 heteroatoms. The highest BCUT2D eigenvalue weighted by atomic mass is 79.9. The van der Waals surface area contributed by atoms with E-state index in [9.17, 15) is 0 Å². The smallest absolute Gasteiger partial charge is 0.106 e. The van der Waals surface area contributed by atoms with Gasteiger partial charge in [-0.1, -0.05) is 6.42 Å². The summed E-state index contributed by atoms with van der Waals surface area (Å²) in [7, 11) is 0. The topological polar surface area (TPSA) is 37.0 Å². The molecule has 0 spiro atoms. The standard InChI is InChI=1S/C15H22BrN3/c1-10-12(7-8-15(16)18-10)19-14-5-2-4-11(14)13-6-3-9-17-13/h7-8,11,13-14,17,19H,2-6,9H2,1H3. The van der Waals surface area contributed by atoms with Crippen LogP contribution >= 0.6 is 15.9 Å². The molecule has 0 aromatic carbocycles. The predicted octanol–water partition coefficient (Wildman–Crippen LogP) is 3.49. The minimum Gasteiger partial charge on any atom is -0.381 e. The molecule has 2 heterocycles. The highest BCUT2D eigenvalue weighted by Crippen LogP contribution is 2.34. The van der Waals surface area contributed by atoms with Crippen LogP contribution in [0.2, 0.25) is 0 Å². The summed E-state index contributed by atoms with van der Waals surface area (Å²) in [5.74, 6) is 0.783. The van der Waals surface area contributed by atoms with E-state index >= 15 is 0 Å². The van der Waals surface area contributed by atoms with Crippen LogP contribution < -0.4 is 10.6 Å². The summed E-state index contributed by atoms with van der Waals surface area (Å²) in [6.45, 7) is 3.28. The van der Waals surface area contributed by atoms with Crippen LogP contribution in [-0.4, -0.2) is 23.6 Å². The first-order valence-corrected chi connectivity index (χ1v) is 8.16. The van der Waals surface area contributed by atoms with Gasteiger partial charge in [0.25, 0.3) is 0 Å². The van der Waals surface area contributed by atoms with Crippen LogP contribution in [0.1, 0.15) is 37.8 Å². The first kappa shape index (κ1) is 13.4. The van der Waals surface area contributed by atoms with Gasteiger partial charge >= 0.3 is 0 Å². The first-order chi connectivity index (χ1) is 9.24. The van der Waals surface area contributed by atoms with E-state index in [1.807, 2.05) is 6.07 Å². The lowest BCUT2D eigenvalue weighted by atomic mass is 9.93. The van der Waals surface area contributed by atoms with Crippen molar-refractivity contribution in [2.45, 2.75) is 51.1 Å². The van der Waals surface area contributed by atoms with Crippen molar-refractivity contribution in [3.05, 3.63) is 22.4 Å². The minimum absolute atomic E-state index is 0.609. The summed E-state index contributed by atoms with van der Waals surface area (Å²) < 4.78 is 0.913. The van der Waals surface area contributed by atoms with Gasteiger partial charge in [0.05, 0.1) is 11.4 Å². The fraction of sp³-hybridized carbons (Fsp3) is 0.667. The number of hydrogen-bond donors (Lipinski definition) is 2. The first-order valence-electron chi connectivity index (χ1n) is 7.37. The largest absolute Gasteiger partial charge is 0.381 e. The third-order valence-corrected chi connectivity index (χ3v) is 5.02. The lowest BCUT2D eigenvalue weighted by Crippen LogP contribution is -2.38. The second kappa shape index (κ2) is 5.80. The van der Waals surface area contributed by atoms with E-state index < -0.39 is 0 Å². The van der Waals surface area contributed by atoms with Gasteiger partial charge in [-0.3, -0.25) is 0 Å². The Morgan fingerprint density at radius 1 is 1.26 bits per heavy atom. The van der Waals surface area contributed by atoms with E-state index in [4.69, 9.17) is 0 Å². The van der Waals surface area contributed by atoms with Crippen molar-refractivity contribution in [1.82, 2.24) is 10.3 Å². The molecule has 1 aliphatic carbocycles. The monoisotopic (exact) mass is 323 g/mol. The van der Waals surface area contributed by atoms with Gasteiger partial charge in [-0.05, 0) is 73.1 Å². The van der Waals surface area contributed by atoms with Crippen molar-refractivity contribution in [2.75, 3.05) is 11.9 Å². The number of pyridine rings is 1. The van der Waals surface area contributed by atoms with Crippen LogP contribution in [0.4, 0.5) is 5.69 Å². The summed E-state index contributed by atoms with van der Waals surface area (Å²) in [5, 5.41) is 7.41. The number of aromatic nitrogens is 1. The zero-order valence-corrected chi connectivity index (χ0v) is 13.0. The van der Waals surface area contributed by atoms with E-state index in [-0.39, 0.29) is 0 Å². The van der Waals surface area contributed by atoms with E-state index in [2.05, 4.69) is 44.5 Å². The second-order valence-electron chi connectivity index (χ2n) is 5.82. The number of nitrogens with one attached hydrogen (secondary N) is 2. The van der Waals surface area contributed by atoms with Crippen LogP contribution in [-0.2, 0) is 0 Å². The van der Waals surface area contributed by atoms with Gasteiger partial charge in [-0.15, -0.1) is 0 Å². The Labute approximate surface area is 123 Å². The van der Waals surface area contributed by atoms with Gasteiger partial charge in [0.1, 0.15) is 4.60 Å². The summed E-state index contributed by atoms with van der Waals surface area (Å²) in [6.07, 6.45) is 6.69. The van der Waals surface area contributed by atoms with Crippen LogP contribution in [0.15, 0.2) is 16.7 Å². The molecule has 3 nitrogen and oxygen atoms in total. The number of nitrogens with zero attached hydrogens (tertiary/aromatic N) is 1. The molecule has 1 saturated heterocycles. The quantitative estimate of drug-likeness (QED) is 0.836. The molecule has 1 aromatic heterocycles. The Bertz CT molecular complexity index is 443. The van der Waals surface area contributed by atoms with Crippen molar-refractivity contribution in [3.8, 4) is 0 Å². The molecular weight excluding hydrogens is 302 g/mol. The Kier molecular flexibility index (Phi) is 4.08. The van der Waals surface area contributed by atoms with Gasteiger partial charge in [0, 0.05) is 12.1 Å². The van der Waals surface area contributed by atoms with Crippen LogP contribution in [0, 0.1) is 12.8 Å². The summed E-state index contributed by atoms with van der Waals surface area (Å²) >= 11 is 3.43. The average Bonchev–Trinajstić information content (AvgIpc) is 3.03. The molecule has 1 aromatic rings. The molecule has 3 atom stereocenters. The van der Waals surface area contributed by atoms with Gasteiger partial charge in [-0.2, -0.15) is 0 Å². The van der Waals surface area contributed by atoms with Crippen molar-refractivity contribution in [1.29, 1.82) is 0 Å². The second-order valence-corrected chi connectivity index (χ2v) is 6.63. The van der Waals surface area contributed by atoms with Crippen molar-refractivity contribution in [2.24, 2.45) is 5.92 Å². The van der Waals surface area contributed by atoms with Crippen molar-refractivity contribution in [3.63, 3.8) is 0 Å². The van der Waals surface area contributed by atoms with Crippen LogP contribution in [0.25, 0.3) is 0 Å². The molecule has 1 saturated carbocycles. The number of aryl methyl sites for hydroxylation is 1. The van der Waals surface area contributed by atoms with E-state index in [1.54, 1.807) is 0 Å². The number of halogens is 1. The molecule has 0 amide bonds. The molecule has 3 unspecified atom stereocenters. The van der Waals surface area contributed by atoms with Gasteiger partial charge in [0.15, 0.2) is 0 Å². The molecule has 0 radical (unpaired) electrons. The average molecular weight is 324 g/mol. The highest BCUT2D eigenvalue weighted by Gasteiger charge is 2.35. The molecule has 2 aliphatic rings. The predicted molar refractivity (Wildman–Crippen MR) is 82.5 cm³/mol. The maximum absolute atomic E-state index is 4.48.